The number of rotatable bonds is 13. The van der Waals surface area contributed by atoms with E-state index in [-0.39, 0.29) is 5.60 Å². The van der Waals surface area contributed by atoms with E-state index in [0.717, 1.165) is 25.7 Å². The third-order valence-corrected chi connectivity index (χ3v) is 3.77. The van der Waals surface area contributed by atoms with E-state index in [9.17, 15) is 0 Å². The first-order valence-electron chi connectivity index (χ1n) is 7.40. The number of unbranched alkanes of at least 4 members (excludes halogenated alkanes) is 6. The first-order chi connectivity index (χ1) is 8.74. The molecule has 1 N–H and O–H groups in total. The second kappa shape index (κ2) is 11.9. The molecule has 110 valence electrons. The van der Waals surface area contributed by atoms with Gasteiger partial charge in [-0.2, -0.15) is 4.89 Å². The van der Waals surface area contributed by atoms with Crippen molar-refractivity contribution in [3.05, 3.63) is 0 Å². The summed E-state index contributed by atoms with van der Waals surface area (Å²) < 4.78 is 0. The van der Waals surface area contributed by atoms with E-state index < -0.39 is 0 Å². The zero-order valence-corrected chi connectivity index (χ0v) is 12.2. The van der Waals surface area contributed by atoms with Gasteiger partial charge in [-0.25, -0.2) is 5.26 Å². The lowest BCUT2D eigenvalue weighted by molar-refractivity contribution is -0.642. The molecule has 0 aliphatic heterocycles. The molecule has 0 saturated heterocycles. The Balaban J connectivity index is 3.69. The monoisotopic (exact) mass is 262 g/mol. The van der Waals surface area contributed by atoms with E-state index in [1.807, 2.05) is 0 Å². The molecule has 0 spiro atoms. The Morgan fingerprint density at radius 3 is 1.89 bits per heavy atom. The van der Waals surface area contributed by atoms with Crippen LogP contribution in [0, 0.1) is 0 Å². The predicted molar refractivity (Wildman–Crippen MR) is 71.8 cm³/mol. The van der Waals surface area contributed by atoms with Gasteiger partial charge in [-0.1, -0.05) is 65.7 Å². The van der Waals surface area contributed by atoms with Gasteiger partial charge >= 0.3 is 0 Å². The fourth-order valence-corrected chi connectivity index (χ4v) is 2.25. The maximum absolute atomic E-state index is 8.17. The molecule has 0 unspecified atom stereocenters. The van der Waals surface area contributed by atoms with Crippen molar-refractivity contribution in [1.29, 1.82) is 0 Å². The Kier molecular flexibility index (Phi) is 11.8. The lowest BCUT2D eigenvalue weighted by Crippen LogP contribution is -2.31. The van der Waals surface area contributed by atoms with Gasteiger partial charge in [0.05, 0.1) is 0 Å². The van der Waals surface area contributed by atoms with Crippen molar-refractivity contribution >= 4 is 0 Å². The third kappa shape index (κ3) is 8.03. The van der Waals surface area contributed by atoms with Gasteiger partial charge in [0.25, 0.3) is 0 Å². The molecule has 0 fully saturated rings. The SMILES string of the molecule is CCCCCCCCCC(CC)(CC)OOOO. The molecular weight excluding hydrogens is 232 g/mol. The Labute approximate surface area is 111 Å². The quantitative estimate of drug-likeness (QED) is 0.287. The highest BCUT2D eigenvalue weighted by atomic mass is 17.6. The van der Waals surface area contributed by atoms with Crippen LogP contribution in [-0.2, 0) is 15.0 Å². The van der Waals surface area contributed by atoms with Crippen molar-refractivity contribution in [2.24, 2.45) is 0 Å². The Morgan fingerprint density at radius 1 is 0.833 bits per heavy atom. The van der Waals surface area contributed by atoms with Crippen molar-refractivity contribution in [3.63, 3.8) is 0 Å². The van der Waals surface area contributed by atoms with Crippen LogP contribution in [0.4, 0.5) is 0 Å². The molecule has 0 aliphatic rings. The van der Waals surface area contributed by atoms with Crippen LogP contribution < -0.4 is 0 Å². The summed E-state index contributed by atoms with van der Waals surface area (Å²) in [7, 11) is 0. The maximum Gasteiger partial charge on any atom is 0.106 e. The van der Waals surface area contributed by atoms with Crippen molar-refractivity contribution in [2.45, 2.75) is 90.6 Å². The summed E-state index contributed by atoms with van der Waals surface area (Å²) in [5, 5.41) is 16.0. The Morgan fingerprint density at radius 2 is 1.39 bits per heavy atom. The van der Waals surface area contributed by atoms with Crippen molar-refractivity contribution in [3.8, 4) is 0 Å². The average Bonchev–Trinajstić information content (AvgIpc) is 2.42. The summed E-state index contributed by atoms with van der Waals surface area (Å²) in [4.78, 5) is 5.15. The molecular formula is C14H30O4. The Hall–Kier alpha value is -0.160. The van der Waals surface area contributed by atoms with Gasteiger partial charge in [0.1, 0.15) is 5.60 Å². The highest BCUT2D eigenvalue weighted by molar-refractivity contribution is 4.76. The molecule has 0 heterocycles. The van der Waals surface area contributed by atoms with E-state index in [1.54, 1.807) is 0 Å². The van der Waals surface area contributed by atoms with E-state index in [2.05, 4.69) is 30.8 Å². The molecule has 0 radical (unpaired) electrons. The topological polar surface area (TPSA) is 47.9 Å². The van der Waals surface area contributed by atoms with Crippen LogP contribution in [-0.4, -0.2) is 10.9 Å². The normalized spacial score (nSPS) is 12.0. The van der Waals surface area contributed by atoms with Crippen LogP contribution in [0.3, 0.4) is 0 Å². The van der Waals surface area contributed by atoms with E-state index >= 15 is 0 Å². The second-order valence-corrected chi connectivity index (χ2v) is 4.99. The first kappa shape index (κ1) is 17.8. The second-order valence-electron chi connectivity index (χ2n) is 4.99. The third-order valence-electron chi connectivity index (χ3n) is 3.77. The van der Waals surface area contributed by atoms with E-state index in [1.165, 1.54) is 38.5 Å². The van der Waals surface area contributed by atoms with E-state index in [0.29, 0.717) is 0 Å². The smallest absolute Gasteiger partial charge is 0.106 e. The zero-order valence-electron chi connectivity index (χ0n) is 12.2. The fraction of sp³-hybridized carbons (Fsp3) is 1.00. The summed E-state index contributed by atoms with van der Waals surface area (Å²) in [6.45, 7) is 6.36. The molecule has 4 heteroatoms. The Bertz CT molecular complexity index is 169. The average molecular weight is 262 g/mol. The van der Waals surface area contributed by atoms with Gasteiger partial charge in [0, 0.05) is 0 Å². The minimum atomic E-state index is -0.327. The minimum absolute atomic E-state index is 0.327. The van der Waals surface area contributed by atoms with Gasteiger partial charge < -0.3 is 0 Å². The van der Waals surface area contributed by atoms with Crippen molar-refractivity contribution in [2.75, 3.05) is 0 Å². The van der Waals surface area contributed by atoms with Gasteiger partial charge in [-0.15, -0.1) is 0 Å². The molecule has 18 heavy (non-hydrogen) atoms. The molecule has 0 aromatic rings. The largest absolute Gasteiger partial charge is 0.219 e. The molecule has 0 rings (SSSR count). The number of hydrogen-bond donors (Lipinski definition) is 1. The van der Waals surface area contributed by atoms with Gasteiger partial charge in [-0.3, -0.25) is 0 Å². The summed E-state index contributed by atoms with van der Waals surface area (Å²) in [6.07, 6.45) is 11.6. The number of hydrogen-bond acceptors (Lipinski definition) is 4. The van der Waals surface area contributed by atoms with Crippen molar-refractivity contribution < 1.29 is 20.2 Å². The fourth-order valence-electron chi connectivity index (χ4n) is 2.25. The van der Waals surface area contributed by atoms with Crippen LogP contribution in [0.5, 0.6) is 0 Å². The predicted octanol–water partition coefficient (Wildman–Crippen LogP) is 5.04. The molecule has 0 atom stereocenters. The molecule has 0 amide bonds. The van der Waals surface area contributed by atoms with Gasteiger partial charge in [-0.05, 0) is 29.3 Å². The molecule has 0 bridgehead atoms. The molecule has 0 aliphatic carbocycles. The molecule has 0 aromatic carbocycles. The van der Waals surface area contributed by atoms with Crippen LogP contribution in [0.2, 0.25) is 0 Å². The van der Waals surface area contributed by atoms with Crippen LogP contribution in [0.25, 0.3) is 0 Å². The van der Waals surface area contributed by atoms with Crippen molar-refractivity contribution in [1.82, 2.24) is 0 Å². The summed E-state index contributed by atoms with van der Waals surface area (Å²) in [6, 6.07) is 0. The van der Waals surface area contributed by atoms with Gasteiger partial charge in [0.2, 0.25) is 0 Å². The van der Waals surface area contributed by atoms with E-state index in [4.69, 9.17) is 10.1 Å². The minimum Gasteiger partial charge on any atom is -0.219 e. The molecule has 0 aromatic heterocycles. The highest BCUT2D eigenvalue weighted by Gasteiger charge is 2.28. The molecule has 0 saturated carbocycles. The van der Waals surface area contributed by atoms with Crippen LogP contribution in [0.15, 0.2) is 0 Å². The van der Waals surface area contributed by atoms with Crippen LogP contribution >= 0.6 is 0 Å². The lowest BCUT2D eigenvalue weighted by atomic mass is 9.90. The van der Waals surface area contributed by atoms with Gasteiger partial charge in [0.15, 0.2) is 0 Å². The summed E-state index contributed by atoms with van der Waals surface area (Å²) in [5.41, 5.74) is -0.327. The first-order valence-corrected chi connectivity index (χ1v) is 7.40. The summed E-state index contributed by atoms with van der Waals surface area (Å²) in [5.74, 6) is 0. The molecule has 4 nitrogen and oxygen atoms in total. The zero-order chi connectivity index (χ0) is 13.7. The lowest BCUT2D eigenvalue weighted by Gasteiger charge is -2.28. The maximum atomic E-state index is 8.17. The standard InChI is InChI=1S/C14H30O4/c1-4-7-8-9-10-11-12-13-14(5-2,6-3)16-18-17-15/h15H,4-13H2,1-3H3. The summed E-state index contributed by atoms with van der Waals surface area (Å²) >= 11 is 0. The highest BCUT2D eigenvalue weighted by Crippen LogP contribution is 2.28. The van der Waals surface area contributed by atoms with Crippen LogP contribution in [0.1, 0.15) is 85.0 Å².